The lowest BCUT2D eigenvalue weighted by Gasteiger charge is -2.48. The lowest BCUT2D eigenvalue weighted by atomic mass is 9.78. The summed E-state index contributed by atoms with van der Waals surface area (Å²) in [5, 5.41) is 3.10. The first-order valence-corrected chi connectivity index (χ1v) is 7.82. The van der Waals surface area contributed by atoms with Gasteiger partial charge in [0.1, 0.15) is 5.54 Å². The zero-order valence-electron chi connectivity index (χ0n) is 12.3. The van der Waals surface area contributed by atoms with E-state index in [4.69, 9.17) is 0 Å². The van der Waals surface area contributed by atoms with E-state index in [-0.39, 0.29) is 5.91 Å². The summed E-state index contributed by atoms with van der Waals surface area (Å²) < 4.78 is 0. The predicted octanol–water partition coefficient (Wildman–Crippen LogP) is 2.52. The number of nitrogens with zero attached hydrogens (tertiary/aromatic N) is 1. The molecule has 3 heteroatoms. The molecule has 1 N–H and O–H groups in total. The molecule has 3 rings (SSSR count). The van der Waals surface area contributed by atoms with E-state index in [1.54, 1.807) is 0 Å². The topological polar surface area (TPSA) is 32.3 Å². The van der Waals surface area contributed by atoms with Crippen molar-refractivity contribution in [1.29, 1.82) is 0 Å². The van der Waals surface area contributed by atoms with Crippen molar-refractivity contribution in [2.45, 2.75) is 38.1 Å². The van der Waals surface area contributed by atoms with Crippen molar-refractivity contribution >= 4 is 5.91 Å². The van der Waals surface area contributed by atoms with Crippen LogP contribution in [0.1, 0.15) is 38.2 Å². The summed E-state index contributed by atoms with van der Waals surface area (Å²) in [5.74, 6) is 0.878. The highest BCUT2D eigenvalue weighted by Gasteiger charge is 2.47. The number of amides is 1. The molecular weight excluding hydrogens is 248 g/mol. The second-order valence-corrected chi connectivity index (χ2v) is 6.28. The molecule has 108 valence electrons. The molecule has 20 heavy (non-hydrogen) atoms. The first kappa shape index (κ1) is 13.6. The summed E-state index contributed by atoms with van der Waals surface area (Å²) in [7, 11) is 0. The van der Waals surface area contributed by atoms with Crippen LogP contribution in [0, 0.1) is 5.92 Å². The third kappa shape index (κ3) is 2.24. The van der Waals surface area contributed by atoms with Crippen LogP contribution in [0.2, 0.25) is 0 Å². The van der Waals surface area contributed by atoms with Gasteiger partial charge in [0.05, 0.1) is 0 Å². The minimum Gasteiger partial charge on any atom is -0.354 e. The Morgan fingerprint density at radius 2 is 2.05 bits per heavy atom. The van der Waals surface area contributed by atoms with Crippen LogP contribution >= 0.6 is 0 Å². The lowest BCUT2D eigenvalue weighted by Crippen LogP contribution is -2.61. The molecule has 0 spiro atoms. The molecule has 2 fully saturated rings. The van der Waals surface area contributed by atoms with Crippen LogP contribution < -0.4 is 5.32 Å². The Hall–Kier alpha value is -1.35. The molecular formula is C17H24N2O. The van der Waals surface area contributed by atoms with Gasteiger partial charge in [0, 0.05) is 13.1 Å². The molecule has 3 nitrogen and oxygen atoms in total. The smallest absolute Gasteiger partial charge is 0.245 e. The zero-order valence-corrected chi connectivity index (χ0v) is 12.3. The summed E-state index contributed by atoms with van der Waals surface area (Å²) in [6.45, 7) is 5.18. The fourth-order valence-electron chi connectivity index (χ4n) is 3.82. The molecule has 2 unspecified atom stereocenters. The summed E-state index contributed by atoms with van der Waals surface area (Å²) in [6.07, 6.45) is 4.48. The van der Waals surface area contributed by atoms with Gasteiger partial charge in [-0.05, 0) is 43.7 Å². The van der Waals surface area contributed by atoms with Crippen molar-refractivity contribution in [1.82, 2.24) is 10.2 Å². The zero-order chi connectivity index (χ0) is 14.0. The summed E-state index contributed by atoms with van der Waals surface area (Å²) in [5.41, 5.74) is 0.722. The number of likely N-dealkylation sites (tertiary alicyclic amines) is 1. The Morgan fingerprint density at radius 1 is 1.25 bits per heavy atom. The summed E-state index contributed by atoms with van der Waals surface area (Å²) >= 11 is 0. The third-order valence-electron chi connectivity index (χ3n) is 4.82. The fourth-order valence-corrected chi connectivity index (χ4v) is 3.82. The maximum absolute atomic E-state index is 12.8. The molecule has 2 saturated heterocycles. The van der Waals surface area contributed by atoms with Crippen LogP contribution in [0.25, 0.3) is 0 Å². The van der Waals surface area contributed by atoms with Crippen LogP contribution in [-0.4, -0.2) is 30.4 Å². The molecule has 2 atom stereocenters. The maximum Gasteiger partial charge on any atom is 0.245 e. The minimum absolute atomic E-state index is 0.198. The normalized spacial score (nSPS) is 31.9. The molecule has 1 amide bonds. The first-order chi connectivity index (χ1) is 9.73. The molecule has 2 heterocycles. The van der Waals surface area contributed by atoms with E-state index in [1.807, 2.05) is 18.2 Å². The second-order valence-electron chi connectivity index (χ2n) is 6.28. The van der Waals surface area contributed by atoms with Gasteiger partial charge >= 0.3 is 0 Å². The number of carbonyl (C=O) groups is 1. The Bertz CT molecular complexity index is 473. The number of hydrogen-bond donors (Lipinski definition) is 1. The van der Waals surface area contributed by atoms with Gasteiger partial charge in [0.25, 0.3) is 0 Å². The molecule has 0 aliphatic carbocycles. The average Bonchev–Trinajstić information content (AvgIpc) is 2.49. The molecule has 0 saturated carbocycles. The number of carbonyl (C=O) groups excluding carboxylic acids is 1. The van der Waals surface area contributed by atoms with E-state index in [0.717, 1.165) is 38.0 Å². The van der Waals surface area contributed by atoms with Crippen LogP contribution in [0.15, 0.2) is 30.3 Å². The van der Waals surface area contributed by atoms with E-state index in [2.05, 4.69) is 29.3 Å². The van der Waals surface area contributed by atoms with Crippen LogP contribution in [0.4, 0.5) is 0 Å². The van der Waals surface area contributed by atoms with E-state index in [9.17, 15) is 4.79 Å². The van der Waals surface area contributed by atoms with Gasteiger partial charge in [-0.2, -0.15) is 0 Å². The Kier molecular flexibility index (Phi) is 3.79. The second kappa shape index (κ2) is 5.57. The van der Waals surface area contributed by atoms with Crippen molar-refractivity contribution in [2.75, 3.05) is 19.6 Å². The largest absolute Gasteiger partial charge is 0.354 e. The van der Waals surface area contributed by atoms with Gasteiger partial charge in [-0.25, -0.2) is 0 Å². The Balaban J connectivity index is 2.01. The number of nitrogens with one attached hydrogen (secondary N) is 1. The van der Waals surface area contributed by atoms with Crippen LogP contribution in [0.3, 0.4) is 0 Å². The van der Waals surface area contributed by atoms with Crippen LogP contribution in [0.5, 0.6) is 0 Å². The standard InChI is InChI=1S/C17H24N2O/c1-14-7-5-12-19(13-14)17(10-6-11-18-16(17)20)15-8-3-2-4-9-15/h2-4,8-9,14H,5-7,10-13H2,1H3,(H,18,20). The van der Waals surface area contributed by atoms with Gasteiger partial charge in [-0.15, -0.1) is 0 Å². The molecule has 0 aromatic heterocycles. The monoisotopic (exact) mass is 272 g/mol. The van der Waals surface area contributed by atoms with Crippen molar-refractivity contribution in [3.05, 3.63) is 35.9 Å². The summed E-state index contributed by atoms with van der Waals surface area (Å²) in [6, 6.07) is 10.4. The molecule has 0 bridgehead atoms. The molecule has 1 aromatic rings. The molecule has 0 radical (unpaired) electrons. The fraction of sp³-hybridized carbons (Fsp3) is 0.588. The molecule has 2 aliphatic rings. The van der Waals surface area contributed by atoms with E-state index in [1.165, 1.54) is 12.8 Å². The van der Waals surface area contributed by atoms with Gasteiger partial charge in [-0.3, -0.25) is 9.69 Å². The molecule has 1 aromatic carbocycles. The van der Waals surface area contributed by atoms with Gasteiger partial charge in [0.2, 0.25) is 5.91 Å². The van der Waals surface area contributed by atoms with Gasteiger partial charge in [0.15, 0.2) is 0 Å². The number of hydrogen-bond acceptors (Lipinski definition) is 2. The number of benzene rings is 1. The van der Waals surface area contributed by atoms with Gasteiger partial charge in [-0.1, -0.05) is 37.3 Å². The third-order valence-corrected chi connectivity index (χ3v) is 4.82. The first-order valence-electron chi connectivity index (χ1n) is 7.82. The Labute approximate surface area is 121 Å². The average molecular weight is 272 g/mol. The van der Waals surface area contributed by atoms with E-state index >= 15 is 0 Å². The highest BCUT2D eigenvalue weighted by atomic mass is 16.2. The van der Waals surface area contributed by atoms with Gasteiger partial charge < -0.3 is 5.32 Å². The van der Waals surface area contributed by atoms with Crippen molar-refractivity contribution in [3.63, 3.8) is 0 Å². The minimum atomic E-state index is -0.436. The predicted molar refractivity (Wildman–Crippen MR) is 80.3 cm³/mol. The lowest BCUT2D eigenvalue weighted by molar-refractivity contribution is -0.139. The summed E-state index contributed by atoms with van der Waals surface area (Å²) in [4.78, 5) is 15.2. The molecule has 2 aliphatic heterocycles. The number of piperidine rings is 2. The van der Waals surface area contributed by atoms with Crippen LogP contribution in [-0.2, 0) is 10.3 Å². The Morgan fingerprint density at radius 3 is 2.75 bits per heavy atom. The quantitative estimate of drug-likeness (QED) is 0.897. The van der Waals surface area contributed by atoms with Crippen molar-refractivity contribution in [2.24, 2.45) is 5.92 Å². The SMILES string of the molecule is CC1CCCN(C2(c3ccccc3)CCCNC2=O)C1. The highest BCUT2D eigenvalue weighted by Crippen LogP contribution is 2.38. The van der Waals surface area contributed by atoms with Crippen molar-refractivity contribution < 1.29 is 4.79 Å². The van der Waals surface area contributed by atoms with E-state index in [0.29, 0.717) is 5.92 Å². The van der Waals surface area contributed by atoms with Crippen molar-refractivity contribution in [3.8, 4) is 0 Å². The number of rotatable bonds is 2. The van der Waals surface area contributed by atoms with E-state index < -0.39 is 5.54 Å². The highest BCUT2D eigenvalue weighted by molar-refractivity contribution is 5.88. The maximum atomic E-state index is 12.8.